The lowest BCUT2D eigenvalue weighted by molar-refractivity contribution is -0.275. The van der Waals surface area contributed by atoms with E-state index >= 15 is 0 Å². The van der Waals surface area contributed by atoms with Crippen molar-refractivity contribution in [3.63, 3.8) is 0 Å². The highest BCUT2D eigenvalue weighted by Crippen LogP contribution is 2.29. The van der Waals surface area contributed by atoms with Gasteiger partial charge in [0.1, 0.15) is 5.75 Å². The molecule has 0 aliphatic carbocycles. The molecule has 0 amide bonds. The van der Waals surface area contributed by atoms with Crippen LogP contribution in [0.1, 0.15) is 10.4 Å². The molecule has 0 unspecified atom stereocenters. The van der Waals surface area contributed by atoms with Crippen LogP contribution in [0.25, 0.3) is 0 Å². The molecule has 7 heteroatoms. The highest BCUT2D eigenvalue weighted by atomic mass is 35.5. The van der Waals surface area contributed by atoms with E-state index in [0.29, 0.717) is 0 Å². The number of Topliss-reactive ketones (excluding diaryl/α,β-unsaturated/α-hetero) is 1. The average molecular weight is 271 g/mol. The summed E-state index contributed by atoms with van der Waals surface area (Å²) in [4.78, 5) is 11.1. The van der Waals surface area contributed by atoms with Gasteiger partial charge in [0.25, 0.3) is 0 Å². The van der Waals surface area contributed by atoms with Crippen LogP contribution in [0, 0.1) is 0 Å². The molecule has 1 aromatic carbocycles. The van der Waals surface area contributed by atoms with Crippen LogP contribution in [-0.2, 0) is 0 Å². The quantitative estimate of drug-likeness (QED) is 0.518. The van der Waals surface area contributed by atoms with E-state index in [1.54, 1.807) is 0 Å². The Morgan fingerprint density at radius 3 is 2.56 bits per heavy atom. The van der Waals surface area contributed by atoms with E-state index in [-0.39, 0.29) is 16.3 Å². The highest BCUT2D eigenvalue weighted by molar-refractivity contribution is 7.80. The third-order valence-corrected chi connectivity index (χ3v) is 2.24. The third-order valence-electron chi connectivity index (χ3n) is 1.63. The van der Waals surface area contributed by atoms with Gasteiger partial charge in [-0.1, -0.05) is 0 Å². The van der Waals surface area contributed by atoms with Gasteiger partial charge in [-0.25, -0.2) is 0 Å². The van der Waals surface area contributed by atoms with Gasteiger partial charge in [-0.05, 0) is 18.2 Å². The molecule has 0 aliphatic rings. The molecule has 0 N–H and O–H groups in total. The highest BCUT2D eigenvalue weighted by Gasteiger charge is 2.32. The lowest BCUT2D eigenvalue weighted by Crippen LogP contribution is -2.17. The molecule has 16 heavy (non-hydrogen) atoms. The Hall–Kier alpha value is -0.880. The summed E-state index contributed by atoms with van der Waals surface area (Å²) < 4.78 is 39.6. The molecule has 88 valence electrons. The van der Waals surface area contributed by atoms with Gasteiger partial charge in [0, 0.05) is 10.5 Å². The summed E-state index contributed by atoms with van der Waals surface area (Å²) in [6.45, 7) is 0. The zero-order chi connectivity index (χ0) is 12.3. The Morgan fingerprint density at radius 2 is 2.06 bits per heavy atom. The van der Waals surface area contributed by atoms with Gasteiger partial charge >= 0.3 is 6.36 Å². The number of alkyl halides is 4. The molecule has 0 saturated carbocycles. The molecule has 1 rings (SSSR count). The smallest absolute Gasteiger partial charge is 0.405 e. The normalized spacial score (nSPS) is 11.3. The SMILES string of the molecule is O=C(CCl)c1ccc(S)c(OC(F)(F)F)c1. The van der Waals surface area contributed by atoms with Crippen molar-refractivity contribution in [1.82, 2.24) is 0 Å². The van der Waals surface area contributed by atoms with Crippen molar-refractivity contribution in [3.05, 3.63) is 23.8 Å². The number of ketones is 1. The van der Waals surface area contributed by atoms with Gasteiger partial charge in [0.05, 0.1) is 5.88 Å². The monoisotopic (exact) mass is 270 g/mol. The van der Waals surface area contributed by atoms with Crippen molar-refractivity contribution >= 4 is 30.0 Å². The predicted molar refractivity (Wildman–Crippen MR) is 55.4 cm³/mol. The first-order chi connectivity index (χ1) is 7.33. The minimum Gasteiger partial charge on any atom is -0.405 e. The lowest BCUT2D eigenvalue weighted by Gasteiger charge is -2.11. The molecular formula is C9H6ClF3O2S. The number of ether oxygens (including phenoxy) is 1. The zero-order valence-electron chi connectivity index (χ0n) is 7.71. The molecule has 0 spiro atoms. The lowest BCUT2D eigenvalue weighted by atomic mass is 10.1. The summed E-state index contributed by atoms with van der Waals surface area (Å²) in [6.07, 6.45) is -4.82. The Balaban J connectivity index is 3.04. The van der Waals surface area contributed by atoms with Gasteiger partial charge < -0.3 is 4.74 Å². The summed E-state index contributed by atoms with van der Waals surface area (Å²) >= 11 is 9.07. The first-order valence-electron chi connectivity index (χ1n) is 4.01. The summed E-state index contributed by atoms with van der Waals surface area (Å²) in [5.41, 5.74) is 0.0482. The van der Waals surface area contributed by atoms with E-state index in [9.17, 15) is 18.0 Å². The fourth-order valence-electron chi connectivity index (χ4n) is 0.971. The number of carbonyl (C=O) groups is 1. The Labute approximate surface area is 99.8 Å². The van der Waals surface area contributed by atoms with Gasteiger partial charge in [0.2, 0.25) is 0 Å². The number of benzene rings is 1. The second-order valence-electron chi connectivity index (χ2n) is 2.79. The standard InChI is InChI=1S/C9H6ClF3O2S/c10-4-6(14)5-1-2-8(16)7(3-5)15-9(11,12)13/h1-3,16H,4H2. The maximum atomic E-state index is 12.0. The Kier molecular flexibility index (Phi) is 4.09. The second-order valence-corrected chi connectivity index (χ2v) is 3.54. The number of hydrogen-bond donors (Lipinski definition) is 1. The number of thiol groups is 1. The van der Waals surface area contributed by atoms with Crippen molar-refractivity contribution in [1.29, 1.82) is 0 Å². The maximum Gasteiger partial charge on any atom is 0.573 e. The van der Waals surface area contributed by atoms with E-state index in [4.69, 9.17) is 11.6 Å². The fraction of sp³-hybridized carbons (Fsp3) is 0.222. The average Bonchev–Trinajstić information content (AvgIpc) is 2.18. The third kappa shape index (κ3) is 3.61. The Morgan fingerprint density at radius 1 is 1.44 bits per heavy atom. The van der Waals surface area contributed by atoms with Gasteiger partial charge in [0.15, 0.2) is 5.78 Å². The van der Waals surface area contributed by atoms with E-state index in [2.05, 4.69) is 17.4 Å². The summed E-state index contributed by atoms with van der Waals surface area (Å²) in [5.74, 6) is -1.31. The molecule has 2 nitrogen and oxygen atoms in total. The van der Waals surface area contributed by atoms with Crippen LogP contribution in [0.5, 0.6) is 5.75 Å². The largest absolute Gasteiger partial charge is 0.573 e. The van der Waals surface area contributed by atoms with Crippen LogP contribution in [-0.4, -0.2) is 18.0 Å². The molecule has 1 aromatic rings. The second kappa shape index (κ2) is 4.97. The first kappa shape index (κ1) is 13.2. The van der Waals surface area contributed by atoms with Crippen molar-refractivity contribution < 1.29 is 22.7 Å². The summed E-state index contributed by atoms with van der Waals surface area (Å²) in [5, 5.41) is 0. The Bertz CT molecular complexity index is 406. The molecule has 0 heterocycles. The van der Waals surface area contributed by atoms with E-state index in [1.165, 1.54) is 12.1 Å². The van der Waals surface area contributed by atoms with Crippen LogP contribution < -0.4 is 4.74 Å². The number of carbonyl (C=O) groups excluding carboxylic acids is 1. The predicted octanol–water partition coefficient (Wildman–Crippen LogP) is 3.30. The van der Waals surface area contributed by atoms with Gasteiger partial charge in [-0.2, -0.15) is 0 Å². The minimum atomic E-state index is -4.82. The number of hydrogen-bond acceptors (Lipinski definition) is 3. The van der Waals surface area contributed by atoms with Crippen molar-refractivity contribution in [2.24, 2.45) is 0 Å². The van der Waals surface area contributed by atoms with Gasteiger partial charge in [-0.15, -0.1) is 37.4 Å². The molecular weight excluding hydrogens is 265 g/mol. The van der Waals surface area contributed by atoms with E-state index in [1.807, 2.05) is 0 Å². The first-order valence-corrected chi connectivity index (χ1v) is 4.99. The van der Waals surface area contributed by atoms with Crippen LogP contribution in [0.2, 0.25) is 0 Å². The minimum absolute atomic E-state index is 0.0107. The maximum absolute atomic E-state index is 12.0. The molecule has 0 aliphatic heterocycles. The van der Waals surface area contributed by atoms with E-state index in [0.717, 1.165) is 6.07 Å². The fourth-order valence-corrected chi connectivity index (χ4v) is 1.31. The van der Waals surface area contributed by atoms with Crippen molar-refractivity contribution in [2.45, 2.75) is 11.3 Å². The molecule has 0 aromatic heterocycles. The number of rotatable bonds is 3. The molecule has 0 bridgehead atoms. The number of halogens is 4. The molecule has 0 radical (unpaired) electrons. The molecule has 0 saturated heterocycles. The van der Waals surface area contributed by atoms with E-state index < -0.39 is 17.9 Å². The van der Waals surface area contributed by atoms with Crippen LogP contribution in [0.15, 0.2) is 23.1 Å². The van der Waals surface area contributed by atoms with Crippen LogP contribution in [0.3, 0.4) is 0 Å². The summed E-state index contributed by atoms with van der Waals surface area (Å²) in [6, 6.07) is 3.53. The molecule has 0 atom stereocenters. The van der Waals surface area contributed by atoms with Gasteiger partial charge in [-0.3, -0.25) is 4.79 Å². The van der Waals surface area contributed by atoms with Crippen LogP contribution >= 0.6 is 24.2 Å². The van der Waals surface area contributed by atoms with Crippen molar-refractivity contribution in [3.8, 4) is 5.75 Å². The van der Waals surface area contributed by atoms with Crippen LogP contribution in [0.4, 0.5) is 13.2 Å². The topological polar surface area (TPSA) is 26.3 Å². The molecule has 0 fully saturated rings. The zero-order valence-corrected chi connectivity index (χ0v) is 9.37. The summed E-state index contributed by atoms with van der Waals surface area (Å²) in [7, 11) is 0. The van der Waals surface area contributed by atoms with Crippen molar-refractivity contribution in [2.75, 3.05) is 5.88 Å².